The van der Waals surface area contributed by atoms with E-state index in [4.69, 9.17) is 14.2 Å². The van der Waals surface area contributed by atoms with Gasteiger partial charge in [-0.1, -0.05) is 30.3 Å². The van der Waals surface area contributed by atoms with Gasteiger partial charge in [-0.2, -0.15) is 5.10 Å². The topological polar surface area (TPSA) is 85.5 Å². The molecular formula is C24H21N3O4. The van der Waals surface area contributed by atoms with Crippen molar-refractivity contribution in [1.82, 2.24) is 10.2 Å². The summed E-state index contributed by atoms with van der Waals surface area (Å²) in [5, 5.41) is 10.8. The van der Waals surface area contributed by atoms with Crippen molar-refractivity contribution in [2.24, 2.45) is 0 Å². The van der Waals surface area contributed by atoms with Crippen molar-refractivity contribution in [3.63, 3.8) is 0 Å². The van der Waals surface area contributed by atoms with Gasteiger partial charge in [-0.15, -0.1) is 0 Å². The van der Waals surface area contributed by atoms with E-state index in [-0.39, 0.29) is 12.3 Å². The van der Waals surface area contributed by atoms with Gasteiger partial charge in [0, 0.05) is 6.42 Å². The number of H-pyrrole nitrogens is 1. The van der Waals surface area contributed by atoms with E-state index in [1.807, 2.05) is 66.7 Å². The molecule has 31 heavy (non-hydrogen) atoms. The highest BCUT2D eigenvalue weighted by Gasteiger charge is 2.16. The molecule has 0 saturated carbocycles. The van der Waals surface area contributed by atoms with Crippen LogP contribution in [0.15, 0.2) is 66.7 Å². The third-order valence-electron chi connectivity index (χ3n) is 4.96. The predicted octanol–water partition coefficient (Wildman–Crippen LogP) is 4.70. The number of nitrogens with one attached hydrogen (secondary N) is 2. The fraction of sp³-hybridized carbons (Fsp3) is 0.167. The number of carbonyl (C=O) groups excluding carboxylic acids is 1. The summed E-state index contributed by atoms with van der Waals surface area (Å²) in [4.78, 5) is 12.8. The number of ether oxygens (including phenoxy) is 3. The van der Waals surface area contributed by atoms with Gasteiger partial charge in [0.1, 0.15) is 11.5 Å². The smallest absolute Gasteiger partial charge is 0.230 e. The van der Waals surface area contributed by atoms with E-state index in [2.05, 4.69) is 15.5 Å². The lowest BCUT2D eigenvalue weighted by molar-refractivity contribution is -0.115. The molecular weight excluding hydrogens is 394 g/mol. The van der Waals surface area contributed by atoms with E-state index in [1.165, 1.54) is 0 Å². The molecule has 0 bridgehead atoms. The maximum atomic E-state index is 12.8. The molecule has 1 aliphatic rings. The average Bonchev–Trinajstić information content (AvgIpc) is 3.04. The summed E-state index contributed by atoms with van der Waals surface area (Å²) >= 11 is 0. The molecule has 0 aliphatic carbocycles. The van der Waals surface area contributed by atoms with Gasteiger partial charge in [-0.05, 0) is 42.0 Å². The number of aromatic amines is 1. The number of benzene rings is 3. The molecule has 0 saturated heterocycles. The summed E-state index contributed by atoms with van der Waals surface area (Å²) in [5.74, 6) is 2.96. The van der Waals surface area contributed by atoms with Crippen molar-refractivity contribution in [1.29, 1.82) is 0 Å². The number of carbonyl (C=O) groups is 1. The Hall–Kier alpha value is -4.00. The molecule has 1 amide bonds. The summed E-state index contributed by atoms with van der Waals surface area (Å²) in [6.45, 7) is 1.23. The summed E-state index contributed by atoms with van der Waals surface area (Å²) in [6.07, 6.45) is 1.02. The first-order valence-electron chi connectivity index (χ1n) is 10.1. The van der Waals surface area contributed by atoms with Crippen LogP contribution < -0.4 is 19.5 Å². The molecule has 7 nitrogen and oxygen atoms in total. The van der Waals surface area contributed by atoms with Gasteiger partial charge in [-0.3, -0.25) is 9.89 Å². The van der Waals surface area contributed by atoms with Crippen LogP contribution in [0, 0.1) is 0 Å². The van der Waals surface area contributed by atoms with Crippen LogP contribution in [-0.4, -0.2) is 29.3 Å². The molecule has 0 unspecified atom stereocenters. The fourth-order valence-electron chi connectivity index (χ4n) is 3.51. The lowest BCUT2D eigenvalue weighted by atomic mass is 10.1. The Morgan fingerprint density at radius 2 is 1.84 bits per heavy atom. The van der Waals surface area contributed by atoms with Gasteiger partial charge in [0.15, 0.2) is 17.3 Å². The van der Waals surface area contributed by atoms with E-state index in [1.54, 1.807) is 0 Å². The van der Waals surface area contributed by atoms with Crippen molar-refractivity contribution in [3.05, 3.63) is 72.3 Å². The van der Waals surface area contributed by atoms with E-state index < -0.39 is 0 Å². The molecule has 2 N–H and O–H groups in total. The van der Waals surface area contributed by atoms with Crippen molar-refractivity contribution in [2.45, 2.75) is 12.8 Å². The van der Waals surface area contributed by atoms with Crippen molar-refractivity contribution in [2.75, 3.05) is 18.5 Å². The zero-order valence-corrected chi connectivity index (χ0v) is 16.8. The van der Waals surface area contributed by atoms with E-state index in [9.17, 15) is 4.79 Å². The van der Waals surface area contributed by atoms with Crippen molar-refractivity contribution in [3.8, 4) is 23.0 Å². The Balaban J connectivity index is 1.36. The second kappa shape index (κ2) is 8.39. The van der Waals surface area contributed by atoms with Crippen molar-refractivity contribution >= 4 is 22.6 Å². The normalized spacial score (nSPS) is 12.9. The Labute approximate surface area is 178 Å². The minimum Gasteiger partial charge on any atom is -0.490 e. The molecule has 0 spiro atoms. The number of para-hydroxylation sites is 1. The number of aromatic nitrogens is 2. The Kier molecular flexibility index (Phi) is 5.14. The molecule has 1 aromatic heterocycles. The summed E-state index contributed by atoms with van der Waals surface area (Å²) in [7, 11) is 0. The molecule has 7 heteroatoms. The average molecular weight is 415 g/mol. The first-order valence-corrected chi connectivity index (χ1v) is 10.1. The number of nitrogens with zero attached hydrogens (tertiary/aromatic N) is 1. The number of hydrogen-bond acceptors (Lipinski definition) is 5. The zero-order valence-electron chi connectivity index (χ0n) is 16.8. The van der Waals surface area contributed by atoms with Crippen LogP contribution in [0.4, 0.5) is 5.82 Å². The molecule has 156 valence electrons. The van der Waals surface area contributed by atoms with Crippen LogP contribution >= 0.6 is 0 Å². The molecule has 4 aromatic rings. The Morgan fingerprint density at radius 1 is 1.00 bits per heavy atom. The first-order chi connectivity index (χ1) is 15.3. The van der Waals surface area contributed by atoms with E-state index in [0.29, 0.717) is 42.0 Å². The third-order valence-corrected chi connectivity index (χ3v) is 4.96. The number of amides is 1. The number of rotatable bonds is 5. The summed E-state index contributed by atoms with van der Waals surface area (Å²) in [5.41, 5.74) is 1.61. The van der Waals surface area contributed by atoms with Crippen LogP contribution in [0.1, 0.15) is 12.0 Å². The maximum absolute atomic E-state index is 12.8. The highest BCUT2D eigenvalue weighted by molar-refractivity contribution is 6.03. The second-order valence-corrected chi connectivity index (χ2v) is 7.22. The van der Waals surface area contributed by atoms with E-state index in [0.717, 1.165) is 22.9 Å². The molecule has 0 atom stereocenters. The Bertz CT molecular complexity index is 1220. The minimum atomic E-state index is -0.183. The van der Waals surface area contributed by atoms with Gasteiger partial charge in [0.25, 0.3) is 0 Å². The lowest BCUT2D eigenvalue weighted by Gasteiger charge is -2.10. The second-order valence-electron chi connectivity index (χ2n) is 7.22. The van der Waals surface area contributed by atoms with Gasteiger partial charge in [0.05, 0.1) is 30.5 Å². The van der Waals surface area contributed by atoms with Crippen LogP contribution in [0.2, 0.25) is 0 Å². The van der Waals surface area contributed by atoms with Crippen LogP contribution in [0.25, 0.3) is 10.9 Å². The fourth-order valence-corrected chi connectivity index (χ4v) is 3.51. The summed E-state index contributed by atoms with van der Waals surface area (Å²) in [6, 6.07) is 20.7. The highest BCUT2D eigenvalue weighted by Crippen LogP contribution is 2.34. The maximum Gasteiger partial charge on any atom is 0.230 e. The minimum absolute atomic E-state index is 0.183. The lowest BCUT2D eigenvalue weighted by Crippen LogP contribution is -2.15. The molecule has 1 aliphatic heterocycles. The van der Waals surface area contributed by atoms with Gasteiger partial charge in [-0.25, -0.2) is 0 Å². The van der Waals surface area contributed by atoms with Crippen molar-refractivity contribution < 1.29 is 19.0 Å². The SMILES string of the molecule is O=C(Cc1ccc2c(c1)OCCCO2)Nc1n[nH]c2cccc(Oc3ccccc3)c12. The third kappa shape index (κ3) is 4.16. The van der Waals surface area contributed by atoms with Crippen LogP contribution in [0.3, 0.4) is 0 Å². The number of hydrogen-bond donors (Lipinski definition) is 2. The van der Waals surface area contributed by atoms with Crippen LogP contribution in [-0.2, 0) is 11.2 Å². The largest absolute Gasteiger partial charge is 0.490 e. The molecule has 2 heterocycles. The molecule has 0 radical (unpaired) electrons. The van der Waals surface area contributed by atoms with E-state index >= 15 is 0 Å². The van der Waals surface area contributed by atoms with Gasteiger partial charge >= 0.3 is 0 Å². The number of anilines is 1. The van der Waals surface area contributed by atoms with Gasteiger partial charge in [0.2, 0.25) is 5.91 Å². The quantitative estimate of drug-likeness (QED) is 0.494. The number of fused-ring (bicyclic) bond motifs is 2. The van der Waals surface area contributed by atoms with Gasteiger partial charge < -0.3 is 19.5 Å². The standard InChI is InChI=1S/C24H21N3O4/c28-22(15-16-10-11-19-21(14-16)30-13-5-12-29-19)25-24-23-18(26-27-24)8-4-9-20(23)31-17-6-2-1-3-7-17/h1-4,6-11,14H,5,12-13,15H2,(H2,25,26,27,28). The molecule has 3 aromatic carbocycles. The monoisotopic (exact) mass is 415 g/mol. The Morgan fingerprint density at radius 3 is 2.71 bits per heavy atom. The molecule has 5 rings (SSSR count). The highest BCUT2D eigenvalue weighted by atomic mass is 16.5. The summed E-state index contributed by atoms with van der Waals surface area (Å²) < 4.78 is 17.4. The van der Waals surface area contributed by atoms with Crippen LogP contribution in [0.5, 0.6) is 23.0 Å². The zero-order chi connectivity index (χ0) is 21.0. The molecule has 0 fully saturated rings. The first kappa shape index (κ1) is 19.0. The predicted molar refractivity (Wildman–Crippen MR) is 117 cm³/mol.